The van der Waals surface area contributed by atoms with E-state index in [1.54, 1.807) is 24.5 Å². The molecule has 0 aliphatic heterocycles. The number of carbonyl (C=O) groups is 1. The third-order valence-corrected chi connectivity index (χ3v) is 3.26. The largest absolute Gasteiger partial charge is 0.365 e. The van der Waals surface area contributed by atoms with Crippen molar-refractivity contribution in [2.45, 2.75) is 6.54 Å². The van der Waals surface area contributed by atoms with Crippen LogP contribution in [0.3, 0.4) is 0 Å². The number of anilines is 1. The summed E-state index contributed by atoms with van der Waals surface area (Å²) in [4.78, 5) is 19.9. The maximum atomic E-state index is 11.4. The third kappa shape index (κ3) is 2.67. The van der Waals surface area contributed by atoms with Gasteiger partial charge in [0.05, 0.1) is 11.1 Å². The lowest BCUT2D eigenvalue weighted by molar-refractivity contribution is 0.100. The Morgan fingerprint density at radius 3 is 2.76 bits per heavy atom. The quantitative estimate of drug-likeness (QED) is 0.767. The van der Waals surface area contributed by atoms with Gasteiger partial charge in [-0.1, -0.05) is 18.2 Å². The SMILES string of the molecule is NC(=O)c1cccnc1NCc1ccnc2ccccc12. The van der Waals surface area contributed by atoms with Gasteiger partial charge in [0.1, 0.15) is 5.82 Å². The van der Waals surface area contributed by atoms with E-state index in [4.69, 9.17) is 5.73 Å². The van der Waals surface area contributed by atoms with Crippen molar-refractivity contribution < 1.29 is 4.79 Å². The maximum absolute atomic E-state index is 11.4. The van der Waals surface area contributed by atoms with Crippen molar-refractivity contribution >= 4 is 22.6 Å². The zero-order chi connectivity index (χ0) is 14.7. The molecule has 0 unspecified atom stereocenters. The van der Waals surface area contributed by atoms with E-state index in [1.807, 2.05) is 30.3 Å². The number of hydrogen-bond acceptors (Lipinski definition) is 4. The molecule has 0 fully saturated rings. The molecule has 0 aliphatic carbocycles. The summed E-state index contributed by atoms with van der Waals surface area (Å²) in [7, 11) is 0. The van der Waals surface area contributed by atoms with Crippen LogP contribution in [0.4, 0.5) is 5.82 Å². The fraction of sp³-hybridized carbons (Fsp3) is 0.0625. The Morgan fingerprint density at radius 2 is 1.90 bits per heavy atom. The highest BCUT2D eigenvalue weighted by atomic mass is 16.1. The molecule has 0 saturated heterocycles. The van der Waals surface area contributed by atoms with Crippen LogP contribution in [0.5, 0.6) is 0 Å². The van der Waals surface area contributed by atoms with Crippen molar-refractivity contribution in [1.82, 2.24) is 9.97 Å². The number of rotatable bonds is 4. The monoisotopic (exact) mass is 278 g/mol. The van der Waals surface area contributed by atoms with E-state index >= 15 is 0 Å². The first kappa shape index (κ1) is 13.1. The van der Waals surface area contributed by atoms with Crippen molar-refractivity contribution in [1.29, 1.82) is 0 Å². The number of para-hydroxylation sites is 1. The normalized spacial score (nSPS) is 10.5. The molecule has 0 radical (unpaired) electrons. The van der Waals surface area contributed by atoms with Gasteiger partial charge in [-0.05, 0) is 29.8 Å². The Bertz CT molecular complexity index is 796. The van der Waals surface area contributed by atoms with Crippen molar-refractivity contribution in [2.75, 3.05) is 5.32 Å². The number of fused-ring (bicyclic) bond motifs is 1. The number of hydrogen-bond donors (Lipinski definition) is 2. The molecule has 3 rings (SSSR count). The van der Waals surface area contributed by atoms with Crippen molar-refractivity contribution in [3.63, 3.8) is 0 Å². The van der Waals surface area contributed by atoms with Gasteiger partial charge in [0, 0.05) is 24.3 Å². The summed E-state index contributed by atoms with van der Waals surface area (Å²) >= 11 is 0. The molecule has 0 bridgehead atoms. The fourth-order valence-electron chi connectivity index (χ4n) is 2.23. The van der Waals surface area contributed by atoms with Gasteiger partial charge in [-0.25, -0.2) is 4.98 Å². The Balaban J connectivity index is 1.89. The minimum atomic E-state index is -0.495. The smallest absolute Gasteiger partial charge is 0.252 e. The Labute approximate surface area is 121 Å². The molecule has 0 spiro atoms. The van der Waals surface area contributed by atoms with Gasteiger partial charge in [-0.2, -0.15) is 0 Å². The van der Waals surface area contributed by atoms with Crippen LogP contribution >= 0.6 is 0 Å². The second kappa shape index (κ2) is 5.58. The summed E-state index contributed by atoms with van der Waals surface area (Å²) in [6, 6.07) is 13.2. The van der Waals surface area contributed by atoms with E-state index < -0.39 is 5.91 Å². The molecule has 0 aliphatic rings. The number of nitrogens with zero attached hydrogens (tertiary/aromatic N) is 2. The molecule has 1 aromatic carbocycles. The van der Waals surface area contributed by atoms with E-state index in [1.165, 1.54) is 0 Å². The zero-order valence-corrected chi connectivity index (χ0v) is 11.3. The topological polar surface area (TPSA) is 80.9 Å². The number of carbonyl (C=O) groups excluding carboxylic acids is 1. The predicted molar refractivity (Wildman–Crippen MR) is 81.8 cm³/mol. The summed E-state index contributed by atoms with van der Waals surface area (Å²) in [5.41, 5.74) is 7.75. The van der Waals surface area contributed by atoms with Crippen molar-refractivity contribution in [3.05, 3.63) is 66.0 Å². The number of benzene rings is 1. The molecule has 3 aromatic rings. The van der Waals surface area contributed by atoms with Gasteiger partial charge in [-0.15, -0.1) is 0 Å². The number of aromatic nitrogens is 2. The van der Waals surface area contributed by atoms with Crippen LogP contribution in [0.1, 0.15) is 15.9 Å². The first-order chi connectivity index (χ1) is 10.3. The lowest BCUT2D eigenvalue weighted by atomic mass is 10.1. The summed E-state index contributed by atoms with van der Waals surface area (Å²) in [6.07, 6.45) is 3.40. The van der Waals surface area contributed by atoms with E-state index in [0.717, 1.165) is 16.5 Å². The molecule has 21 heavy (non-hydrogen) atoms. The number of amides is 1. The number of nitrogens with two attached hydrogens (primary N) is 1. The molecule has 5 heteroatoms. The van der Waals surface area contributed by atoms with Crippen LogP contribution in [-0.4, -0.2) is 15.9 Å². The second-order valence-electron chi connectivity index (χ2n) is 4.60. The van der Waals surface area contributed by atoms with Crippen molar-refractivity contribution in [2.24, 2.45) is 5.73 Å². The van der Waals surface area contributed by atoms with Gasteiger partial charge in [0.15, 0.2) is 0 Å². The van der Waals surface area contributed by atoms with Gasteiger partial charge in [0.25, 0.3) is 5.91 Å². The Hall–Kier alpha value is -2.95. The van der Waals surface area contributed by atoms with Crippen molar-refractivity contribution in [3.8, 4) is 0 Å². The molecule has 2 aromatic heterocycles. The van der Waals surface area contributed by atoms with Gasteiger partial charge >= 0.3 is 0 Å². The summed E-state index contributed by atoms with van der Waals surface area (Å²) in [5.74, 6) is -0.00363. The molecule has 5 nitrogen and oxygen atoms in total. The standard InChI is InChI=1S/C16H14N4O/c17-15(21)13-5-3-8-19-16(13)20-10-11-7-9-18-14-6-2-1-4-12(11)14/h1-9H,10H2,(H2,17,21)(H,19,20). The van der Waals surface area contributed by atoms with Crippen LogP contribution in [0.2, 0.25) is 0 Å². The lowest BCUT2D eigenvalue weighted by Gasteiger charge is -2.10. The molecule has 0 saturated carbocycles. The number of pyridine rings is 2. The predicted octanol–water partition coefficient (Wildman–Crippen LogP) is 2.34. The van der Waals surface area contributed by atoms with Crippen LogP contribution in [0, 0.1) is 0 Å². The zero-order valence-electron chi connectivity index (χ0n) is 11.3. The van der Waals surface area contributed by atoms with Crippen LogP contribution in [0.25, 0.3) is 10.9 Å². The minimum absolute atomic E-state index is 0.385. The summed E-state index contributed by atoms with van der Waals surface area (Å²) in [6.45, 7) is 0.542. The minimum Gasteiger partial charge on any atom is -0.365 e. The molecular formula is C16H14N4O. The van der Waals surface area contributed by atoms with Gasteiger partial charge in [-0.3, -0.25) is 9.78 Å². The summed E-state index contributed by atoms with van der Waals surface area (Å²) in [5, 5.41) is 4.24. The molecule has 3 N–H and O–H groups in total. The highest BCUT2D eigenvalue weighted by Crippen LogP contribution is 2.18. The first-order valence-corrected chi connectivity index (χ1v) is 6.57. The second-order valence-corrected chi connectivity index (χ2v) is 4.60. The highest BCUT2D eigenvalue weighted by molar-refractivity contribution is 5.97. The van der Waals surface area contributed by atoms with Crippen LogP contribution in [0.15, 0.2) is 54.9 Å². The Morgan fingerprint density at radius 1 is 1.05 bits per heavy atom. The summed E-state index contributed by atoms with van der Waals surface area (Å²) < 4.78 is 0. The highest BCUT2D eigenvalue weighted by Gasteiger charge is 2.09. The molecule has 2 heterocycles. The van der Waals surface area contributed by atoms with E-state index in [9.17, 15) is 4.79 Å². The molecule has 1 amide bonds. The van der Waals surface area contributed by atoms with Crippen LogP contribution < -0.4 is 11.1 Å². The van der Waals surface area contributed by atoms with Crippen LogP contribution in [-0.2, 0) is 6.54 Å². The van der Waals surface area contributed by atoms with E-state index in [0.29, 0.717) is 17.9 Å². The number of primary amides is 1. The molecule has 104 valence electrons. The lowest BCUT2D eigenvalue weighted by Crippen LogP contribution is -2.15. The van der Waals surface area contributed by atoms with E-state index in [2.05, 4.69) is 15.3 Å². The van der Waals surface area contributed by atoms with E-state index in [-0.39, 0.29) is 0 Å². The van der Waals surface area contributed by atoms with Gasteiger partial charge < -0.3 is 11.1 Å². The Kier molecular flexibility index (Phi) is 3.47. The fourth-order valence-corrected chi connectivity index (χ4v) is 2.23. The number of nitrogens with one attached hydrogen (secondary N) is 1. The third-order valence-electron chi connectivity index (χ3n) is 3.26. The maximum Gasteiger partial charge on any atom is 0.252 e. The average molecular weight is 278 g/mol. The first-order valence-electron chi connectivity index (χ1n) is 6.57. The molecular weight excluding hydrogens is 264 g/mol. The molecule has 0 atom stereocenters. The van der Waals surface area contributed by atoms with Gasteiger partial charge in [0.2, 0.25) is 0 Å². The average Bonchev–Trinajstić information content (AvgIpc) is 2.53.